The summed E-state index contributed by atoms with van der Waals surface area (Å²) in [6.07, 6.45) is 0. The molecule has 14 N–H and O–H groups in total. The third-order valence-electron chi connectivity index (χ3n) is 6.99. The second-order valence-corrected chi connectivity index (χ2v) is 16.5. The standard InChI is InChI=1S/C36H38N9O6P3/c37-25-1-13-31(14-2-25)46-52(47-32-15-3-26(38)4-16-32)44-54(50-35-21-9-29(41)10-22-35,51-36-23-11-30(42)12-24-36)45-53(43,48-33-17-5-27(39)6-18-33)49-34-19-7-28(40)8-20-34/h1-24H,37-43H2. The van der Waals surface area contributed by atoms with Crippen LogP contribution in [0.15, 0.2) is 155 Å². The molecule has 0 fully saturated rings. The Morgan fingerprint density at radius 2 is 0.593 bits per heavy atom. The van der Waals surface area contributed by atoms with E-state index in [1.54, 1.807) is 146 Å². The van der Waals surface area contributed by atoms with E-state index in [1.807, 2.05) is 0 Å². The minimum Gasteiger partial charge on any atom is -0.422 e. The van der Waals surface area contributed by atoms with Gasteiger partial charge >= 0.3 is 23.8 Å². The summed E-state index contributed by atoms with van der Waals surface area (Å²) in [6, 6.07) is 39.5. The Balaban J connectivity index is 1.61. The Hall–Kier alpha value is -6.23. The topological polar surface area (TPSA) is 262 Å². The van der Waals surface area contributed by atoms with Crippen molar-refractivity contribution in [3.8, 4) is 34.5 Å². The molecule has 0 aliphatic rings. The van der Waals surface area contributed by atoms with Gasteiger partial charge in [-0.1, -0.05) is 0 Å². The number of rotatable bonds is 14. The van der Waals surface area contributed by atoms with Crippen molar-refractivity contribution in [3.63, 3.8) is 0 Å². The van der Waals surface area contributed by atoms with E-state index in [-0.39, 0.29) is 23.0 Å². The van der Waals surface area contributed by atoms with Crippen LogP contribution in [-0.2, 0) is 0 Å². The zero-order chi connectivity index (χ0) is 38.1. The first-order valence-electron chi connectivity index (χ1n) is 16.0. The number of nitrogen functional groups attached to an aromatic ring is 6. The zero-order valence-electron chi connectivity index (χ0n) is 28.6. The number of hydrogen-bond donors (Lipinski definition) is 7. The average molecular weight is 786 g/mol. The highest BCUT2D eigenvalue weighted by Gasteiger charge is 2.37. The van der Waals surface area contributed by atoms with E-state index in [0.29, 0.717) is 45.6 Å². The van der Waals surface area contributed by atoms with Crippen LogP contribution in [0.2, 0.25) is 0 Å². The number of nitrogens with zero attached hydrogens (tertiary/aromatic N) is 2. The van der Waals surface area contributed by atoms with Crippen LogP contribution in [0.1, 0.15) is 0 Å². The Labute approximate surface area is 313 Å². The van der Waals surface area contributed by atoms with Gasteiger partial charge in [0.2, 0.25) is 0 Å². The fourth-order valence-electron chi connectivity index (χ4n) is 4.40. The van der Waals surface area contributed by atoms with Crippen molar-refractivity contribution in [2.24, 2.45) is 14.5 Å². The van der Waals surface area contributed by atoms with Crippen LogP contribution >= 0.6 is 23.8 Å². The molecule has 18 heteroatoms. The summed E-state index contributed by atoms with van der Waals surface area (Å²) in [6.45, 7) is 0. The molecule has 0 aliphatic carbocycles. The summed E-state index contributed by atoms with van der Waals surface area (Å²) >= 11 is 0. The van der Waals surface area contributed by atoms with Gasteiger partial charge in [-0.25, -0.2) is 5.50 Å². The molecule has 0 atom stereocenters. The molecule has 0 unspecified atom stereocenters. The highest BCUT2D eigenvalue weighted by atomic mass is 31.2. The number of nitrogens with two attached hydrogens (primary N) is 7. The van der Waals surface area contributed by atoms with Gasteiger partial charge in [0.05, 0.1) is 0 Å². The molecule has 15 nitrogen and oxygen atoms in total. The largest absolute Gasteiger partial charge is 0.459 e. The van der Waals surface area contributed by atoms with Gasteiger partial charge in [-0.05, 0) is 146 Å². The molecule has 278 valence electrons. The maximum absolute atomic E-state index is 7.10. The maximum atomic E-state index is 7.10. The van der Waals surface area contributed by atoms with Crippen LogP contribution in [0.5, 0.6) is 34.5 Å². The highest BCUT2D eigenvalue weighted by molar-refractivity contribution is 7.70. The molecule has 0 saturated heterocycles. The first-order chi connectivity index (χ1) is 25.9. The molecule has 0 aromatic heterocycles. The van der Waals surface area contributed by atoms with Crippen LogP contribution in [0.4, 0.5) is 34.1 Å². The van der Waals surface area contributed by atoms with Crippen molar-refractivity contribution in [3.05, 3.63) is 146 Å². The SMILES string of the molecule is Nc1ccc(OP(N=P(N=P(N)(Oc2ccc(N)cc2)Oc2ccc(N)cc2)(Oc2ccc(N)cc2)Oc2ccc(N)cc2)Oc2ccc(N)cc2)cc1. The molecule has 6 aromatic carbocycles. The molecule has 0 bridgehead atoms. The quantitative estimate of drug-likeness (QED) is 0.0402. The van der Waals surface area contributed by atoms with Gasteiger partial charge in [0.15, 0.2) is 0 Å². The van der Waals surface area contributed by atoms with Gasteiger partial charge in [0.25, 0.3) is 0 Å². The van der Waals surface area contributed by atoms with Gasteiger partial charge in [0, 0.05) is 34.1 Å². The lowest BCUT2D eigenvalue weighted by molar-refractivity contribution is 0.457. The fraction of sp³-hybridized carbons (Fsp3) is 0. The minimum atomic E-state index is -4.21. The van der Waals surface area contributed by atoms with Gasteiger partial charge < -0.3 is 61.5 Å². The molecule has 0 amide bonds. The number of anilines is 6. The lowest BCUT2D eigenvalue weighted by Gasteiger charge is -2.27. The Morgan fingerprint density at radius 3 is 0.870 bits per heavy atom. The molecule has 54 heavy (non-hydrogen) atoms. The van der Waals surface area contributed by atoms with E-state index in [4.69, 9.17) is 76.1 Å². The van der Waals surface area contributed by atoms with Crippen LogP contribution < -0.4 is 67.0 Å². The van der Waals surface area contributed by atoms with Crippen LogP contribution in [-0.4, -0.2) is 0 Å². The molecule has 0 saturated carbocycles. The lowest BCUT2D eigenvalue weighted by Crippen LogP contribution is -2.12. The molecule has 6 aromatic rings. The second kappa shape index (κ2) is 16.6. The van der Waals surface area contributed by atoms with Gasteiger partial charge in [0.1, 0.15) is 34.5 Å². The summed E-state index contributed by atoms with van der Waals surface area (Å²) in [5.74, 6) is 1.85. The van der Waals surface area contributed by atoms with Crippen molar-refractivity contribution in [1.29, 1.82) is 0 Å². The van der Waals surface area contributed by atoms with E-state index in [1.165, 1.54) is 0 Å². The molecule has 0 radical (unpaired) electrons. The Morgan fingerprint density at radius 1 is 0.352 bits per heavy atom. The number of benzene rings is 6. The predicted molar refractivity (Wildman–Crippen MR) is 219 cm³/mol. The van der Waals surface area contributed by atoms with Gasteiger partial charge in [-0.2, -0.15) is 0 Å². The van der Waals surface area contributed by atoms with Crippen LogP contribution in [0.25, 0.3) is 0 Å². The summed E-state index contributed by atoms with van der Waals surface area (Å²) in [5.41, 5.74) is 46.1. The third-order valence-corrected chi connectivity index (χ3v) is 13.0. The number of hydrogen-bond acceptors (Lipinski definition) is 13. The van der Waals surface area contributed by atoms with E-state index >= 15 is 0 Å². The first-order valence-corrected chi connectivity index (χ1v) is 20.3. The first kappa shape index (κ1) is 37.5. The molecule has 0 aliphatic heterocycles. The van der Waals surface area contributed by atoms with Crippen LogP contribution in [0.3, 0.4) is 0 Å². The van der Waals surface area contributed by atoms with E-state index in [9.17, 15) is 0 Å². The molecular weight excluding hydrogens is 747 g/mol. The summed E-state index contributed by atoms with van der Waals surface area (Å²) in [7, 11) is -10.6. The fourth-order valence-corrected chi connectivity index (χ4v) is 10.4. The normalized spacial score (nSPS) is 11.3. The van der Waals surface area contributed by atoms with E-state index < -0.39 is 23.8 Å². The van der Waals surface area contributed by atoms with E-state index in [0.717, 1.165) is 0 Å². The molecule has 0 spiro atoms. The van der Waals surface area contributed by atoms with E-state index in [2.05, 4.69) is 0 Å². The smallest absolute Gasteiger partial charge is 0.422 e. The van der Waals surface area contributed by atoms with Crippen molar-refractivity contribution < 1.29 is 27.1 Å². The third kappa shape index (κ3) is 10.7. The van der Waals surface area contributed by atoms with Gasteiger partial charge in [-0.15, -0.1) is 9.03 Å². The summed E-state index contributed by atoms with van der Waals surface area (Å²) in [5, 5.41) is 0. The van der Waals surface area contributed by atoms with Crippen molar-refractivity contribution in [1.82, 2.24) is 0 Å². The lowest BCUT2D eigenvalue weighted by atomic mass is 10.3. The average Bonchev–Trinajstić information content (AvgIpc) is 3.14. The minimum absolute atomic E-state index is 0.266. The van der Waals surface area contributed by atoms with Crippen molar-refractivity contribution in [2.75, 3.05) is 34.4 Å². The summed E-state index contributed by atoms with van der Waals surface area (Å²) in [4.78, 5) is 0. The Kier molecular flexibility index (Phi) is 11.6. The molecule has 0 heterocycles. The molecular formula is C36H38N9O6P3. The second-order valence-electron chi connectivity index (χ2n) is 11.4. The zero-order valence-corrected chi connectivity index (χ0v) is 31.3. The molecule has 6 rings (SSSR count). The summed E-state index contributed by atoms with van der Waals surface area (Å²) < 4.78 is 48.9. The van der Waals surface area contributed by atoms with Crippen molar-refractivity contribution in [2.45, 2.75) is 0 Å². The van der Waals surface area contributed by atoms with Gasteiger partial charge in [-0.3, -0.25) is 0 Å². The highest BCUT2D eigenvalue weighted by Crippen LogP contribution is 2.66. The predicted octanol–water partition coefficient (Wildman–Crippen LogP) is 9.03. The van der Waals surface area contributed by atoms with Crippen LogP contribution in [0, 0.1) is 0 Å². The Bertz CT molecular complexity index is 2110. The van der Waals surface area contributed by atoms with Crippen molar-refractivity contribution >= 4 is 58.0 Å². The maximum Gasteiger partial charge on any atom is 0.459 e. The monoisotopic (exact) mass is 785 g/mol.